The van der Waals surface area contributed by atoms with Crippen molar-refractivity contribution in [3.63, 3.8) is 0 Å². The van der Waals surface area contributed by atoms with E-state index in [0.29, 0.717) is 38.9 Å². The Labute approximate surface area is 195 Å². The quantitative estimate of drug-likeness (QED) is 0.384. The van der Waals surface area contributed by atoms with Crippen LogP contribution in [-0.4, -0.2) is 28.9 Å². The van der Waals surface area contributed by atoms with E-state index in [2.05, 4.69) is 14.9 Å². The molecule has 0 aliphatic rings. The molecular formula is C20H21Cl2FN4O2S2. The van der Waals surface area contributed by atoms with Gasteiger partial charge in [-0.3, -0.25) is 4.57 Å². The summed E-state index contributed by atoms with van der Waals surface area (Å²) in [5.74, 6) is 0.631. The highest BCUT2D eigenvalue weighted by molar-refractivity contribution is 7.98. The van der Waals surface area contributed by atoms with Gasteiger partial charge < -0.3 is 0 Å². The van der Waals surface area contributed by atoms with Crippen molar-refractivity contribution in [1.82, 2.24) is 19.5 Å². The predicted molar refractivity (Wildman–Crippen MR) is 123 cm³/mol. The molecule has 0 unspecified atom stereocenters. The second-order valence-electron chi connectivity index (χ2n) is 6.74. The molecule has 166 valence electrons. The minimum Gasteiger partial charge on any atom is -0.271 e. The highest BCUT2D eigenvalue weighted by Crippen LogP contribution is 2.31. The lowest BCUT2D eigenvalue weighted by Crippen LogP contribution is -2.27. The molecular weight excluding hydrogens is 482 g/mol. The van der Waals surface area contributed by atoms with Gasteiger partial charge in [0.05, 0.1) is 23.0 Å². The Balaban J connectivity index is 1.90. The van der Waals surface area contributed by atoms with Gasteiger partial charge in [-0.25, -0.2) is 17.5 Å². The Morgan fingerprint density at radius 3 is 2.58 bits per heavy atom. The number of unbranched alkanes of at least 4 members (excludes halogenated alkanes) is 1. The molecule has 0 radical (unpaired) electrons. The molecule has 0 aliphatic carbocycles. The smallest absolute Gasteiger partial charge is 0.212 e. The first kappa shape index (κ1) is 24.0. The SMILES string of the molecule is CCCCS(=O)(=O)NCc1nnc(SCc2ccc(F)cc2)n1-c1cc(Cl)ccc1Cl. The van der Waals surface area contributed by atoms with Crippen LogP contribution < -0.4 is 4.72 Å². The van der Waals surface area contributed by atoms with Crippen molar-refractivity contribution in [2.45, 2.75) is 37.2 Å². The van der Waals surface area contributed by atoms with Crippen LogP contribution in [0.5, 0.6) is 0 Å². The van der Waals surface area contributed by atoms with Crippen molar-refractivity contribution in [2.75, 3.05) is 5.75 Å². The van der Waals surface area contributed by atoms with Crippen molar-refractivity contribution >= 4 is 45.0 Å². The molecule has 3 rings (SSSR count). The highest BCUT2D eigenvalue weighted by Gasteiger charge is 2.19. The molecule has 1 aromatic heterocycles. The number of nitrogens with one attached hydrogen (secondary N) is 1. The molecule has 0 atom stereocenters. The van der Waals surface area contributed by atoms with Gasteiger partial charge >= 0.3 is 0 Å². The number of sulfonamides is 1. The van der Waals surface area contributed by atoms with Crippen LogP contribution in [0.2, 0.25) is 10.0 Å². The fourth-order valence-electron chi connectivity index (χ4n) is 2.72. The molecule has 1 N–H and O–H groups in total. The summed E-state index contributed by atoms with van der Waals surface area (Å²) < 4.78 is 41.9. The summed E-state index contributed by atoms with van der Waals surface area (Å²) in [4.78, 5) is 0. The van der Waals surface area contributed by atoms with E-state index < -0.39 is 10.0 Å². The Hall–Kier alpha value is -1.65. The van der Waals surface area contributed by atoms with Crippen molar-refractivity contribution in [3.05, 3.63) is 69.7 Å². The largest absolute Gasteiger partial charge is 0.271 e. The van der Waals surface area contributed by atoms with E-state index >= 15 is 0 Å². The average Bonchev–Trinajstić information content (AvgIpc) is 3.15. The normalized spacial score (nSPS) is 11.7. The van der Waals surface area contributed by atoms with Gasteiger partial charge in [0, 0.05) is 10.8 Å². The molecule has 1 heterocycles. The van der Waals surface area contributed by atoms with Crippen molar-refractivity contribution in [1.29, 1.82) is 0 Å². The fourth-order valence-corrected chi connectivity index (χ4v) is 5.17. The summed E-state index contributed by atoms with van der Waals surface area (Å²) in [6.45, 7) is 1.89. The van der Waals surface area contributed by atoms with Crippen molar-refractivity contribution in [3.8, 4) is 5.69 Å². The molecule has 0 bridgehead atoms. The Kier molecular flexibility index (Phi) is 8.35. The predicted octanol–water partition coefficient (Wildman–Crippen LogP) is 5.23. The molecule has 6 nitrogen and oxygen atoms in total. The molecule has 0 spiro atoms. The summed E-state index contributed by atoms with van der Waals surface area (Å²) in [6.07, 6.45) is 1.35. The molecule has 0 saturated heterocycles. The number of halogens is 3. The van der Waals surface area contributed by atoms with Gasteiger partial charge in [0.1, 0.15) is 5.82 Å². The molecule has 0 saturated carbocycles. The van der Waals surface area contributed by atoms with Crippen LogP contribution in [-0.2, 0) is 22.3 Å². The van der Waals surface area contributed by atoms with E-state index in [0.717, 1.165) is 12.0 Å². The van der Waals surface area contributed by atoms with Crippen molar-refractivity contribution < 1.29 is 12.8 Å². The first-order chi connectivity index (χ1) is 14.8. The van der Waals surface area contributed by atoms with Crippen LogP contribution in [0.1, 0.15) is 31.2 Å². The lowest BCUT2D eigenvalue weighted by Gasteiger charge is -2.13. The van der Waals surface area contributed by atoms with Crippen LogP contribution in [0, 0.1) is 5.82 Å². The number of nitrogens with zero attached hydrogens (tertiary/aromatic N) is 3. The number of hydrogen-bond acceptors (Lipinski definition) is 5. The molecule has 3 aromatic rings. The summed E-state index contributed by atoms with van der Waals surface area (Å²) in [5.41, 5.74) is 1.45. The van der Waals surface area contributed by atoms with E-state index in [9.17, 15) is 12.8 Å². The van der Waals surface area contributed by atoms with Gasteiger partial charge in [0.15, 0.2) is 11.0 Å². The third-order valence-electron chi connectivity index (χ3n) is 4.35. The second kappa shape index (κ2) is 10.8. The summed E-state index contributed by atoms with van der Waals surface area (Å²) in [5, 5.41) is 9.80. The van der Waals surface area contributed by atoms with Gasteiger partial charge in [0.2, 0.25) is 10.0 Å². The summed E-state index contributed by atoms with van der Waals surface area (Å²) >= 11 is 13.9. The second-order valence-corrected chi connectivity index (χ2v) is 10.5. The Morgan fingerprint density at radius 1 is 1.13 bits per heavy atom. The monoisotopic (exact) mass is 502 g/mol. The van der Waals surface area contributed by atoms with E-state index in [4.69, 9.17) is 23.2 Å². The Bertz CT molecular complexity index is 1140. The molecule has 11 heteroatoms. The lowest BCUT2D eigenvalue weighted by molar-refractivity contribution is 0.575. The number of rotatable bonds is 10. The zero-order valence-corrected chi connectivity index (χ0v) is 19.8. The standard InChI is InChI=1S/C20H21Cl2FN4O2S2/c1-2-3-10-31(28,29)24-12-19-25-26-20(30-13-14-4-7-16(23)8-5-14)27(19)18-11-15(21)6-9-17(18)22/h4-9,11,24H,2-3,10,12-13H2,1H3. The van der Waals surface area contributed by atoms with Crippen LogP contribution >= 0.6 is 35.0 Å². The Morgan fingerprint density at radius 2 is 1.87 bits per heavy atom. The number of hydrogen-bond donors (Lipinski definition) is 1. The van der Waals surface area contributed by atoms with Crippen LogP contribution in [0.15, 0.2) is 47.6 Å². The van der Waals surface area contributed by atoms with E-state index in [1.54, 1.807) is 34.9 Å². The molecule has 0 amide bonds. The lowest BCUT2D eigenvalue weighted by atomic mass is 10.2. The van der Waals surface area contributed by atoms with E-state index in [1.165, 1.54) is 23.9 Å². The number of benzene rings is 2. The zero-order chi connectivity index (χ0) is 22.4. The van der Waals surface area contributed by atoms with Crippen molar-refractivity contribution in [2.24, 2.45) is 0 Å². The maximum atomic E-state index is 13.2. The van der Waals surface area contributed by atoms with Gasteiger partial charge in [-0.1, -0.05) is 60.4 Å². The molecule has 31 heavy (non-hydrogen) atoms. The minimum atomic E-state index is -3.44. The molecule has 2 aromatic carbocycles. The van der Waals surface area contributed by atoms with Crippen LogP contribution in [0.3, 0.4) is 0 Å². The highest BCUT2D eigenvalue weighted by atomic mass is 35.5. The third kappa shape index (κ3) is 6.66. The van der Waals surface area contributed by atoms with Gasteiger partial charge in [-0.15, -0.1) is 10.2 Å². The van der Waals surface area contributed by atoms with Gasteiger partial charge in [0.25, 0.3) is 0 Å². The van der Waals surface area contributed by atoms with Gasteiger partial charge in [-0.2, -0.15) is 0 Å². The summed E-state index contributed by atoms with van der Waals surface area (Å²) in [6, 6.07) is 11.2. The first-order valence-electron chi connectivity index (χ1n) is 9.53. The fraction of sp³-hybridized carbons (Fsp3) is 0.300. The minimum absolute atomic E-state index is 0.0427. The van der Waals surface area contributed by atoms with E-state index in [-0.39, 0.29) is 18.1 Å². The molecule has 0 fully saturated rings. The topological polar surface area (TPSA) is 76.9 Å². The van der Waals surface area contributed by atoms with Crippen LogP contribution in [0.25, 0.3) is 5.69 Å². The van der Waals surface area contributed by atoms with E-state index in [1.807, 2.05) is 6.92 Å². The first-order valence-corrected chi connectivity index (χ1v) is 12.9. The number of thioether (sulfide) groups is 1. The molecule has 0 aliphatic heterocycles. The summed E-state index contributed by atoms with van der Waals surface area (Å²) in [7, 11) is -3.44. The maximum Gasteiger partial charge on any atom is 0.212 e. The van der Waals surface area contributed by atoms with Crippen LogP contribution in [0.4, 0.5) is 4.39 Å². The third-order valence-corrected chi connectivity index (χ3v) is 7.31. The maximum absolute atomic E-state index is 13.2. The average molecular weight is 503 g/mol. The number of aromatic nitrogens is 3. The van der Waals surface area contributed by atoms with Gasteiger partial charge in [-0.05, 0) is 42.3 Å². The zero-order valence-electron chi connectivity index (χ0n) is 16.7.